The van der Waals surface area contributed by atoms with Crippen LogP contribution in [0.1, 0.15) is 31.8 Å². The van der Waals surface area contributed by atoms with Crippen LogP contribution in [0.25, 0.3) is 5.76 Å². The van der Waals surface area contributed by atoms with Crippen LogP contribution >= 0.6 is 0 Å². The molecular formula is C30H20N2O3. The van der Waals surface area contributed by atoms with Crippen molar-refractivity contribution in [1.29, 1.82) is 5.26 Å². The van der Waals surface area contributed by atoms with Crippen molar-refractivity contribution in [2.24, 2.45) is 4.99 Å². The number of ketones is 2. The van der Waals surface area contributed by atoms with Gasteiger partial charge in [-0.15, -0.1) is 0 Å². The molecule has 0 heterocycles. The first kappa shape index (κ1) is 23.1. The zero-order valence-corrected chi connectivity index (χ0v) is 18.6. The summed E-state index contributed by atoms with van der Waals surface area (Å²) < 4.78 is 0. The third kappa shape index (κ3) is 5.29. The van der Waals surface area contributed by atoms with E-state index in [2.05, 4.69) is 4.99 Å². The Bertz CT molecular complexity index is 1450. The number of rotatable bonds is 7. The number of hydrogen-bond donors (Lipinski definition) is 1. The molecule has 0 aliphatic carbocycles. The van der Waals surface area contributed by atoms with E-state index in [1.807, 2.05) is 6.07 Å². The summed E-state index contributed by atoms with van der Waals surface area (Å²) in [5, 5.41) is 20.4. The number of aliphatic imine (C=N–C) groups is 1. The molecule has 0 atom stereocenters. The molecule has 0 aliphatic rings. The summed E-state index contributed by atoms with van der Waals surface area (Å²) in [4.78, 5) is 32.0. The highest BCUT2D eigenvalue weighted by molar-refractivity contribution is 6.58. The number of benzene rings is 4. The Morgan fingerprint density at radius 3 is 1.57 bits per heavy atom. The standard InChI is InChI=1S/C30H20N2O3/c31-20-21-16-18-25(19-17-21)32-27(30(35)24-14-8-3-9-15-24)26(28(33)22-10-4-1-5-11-22)29(34)23-12-6-2-7-13-23/h1-19,33H/b28-26-,32-27?. The molecule has 0 saturated heterocycles. The highest BCUT2D eigenvalue weighted by Gasteiger charge is 2.29. The lowest BCUT2D eigenvalue weighted by Crippen LogP contribution is -2.24. The molecule has 168 valence electrons. The molecule has 0 bridgehead atoms. The fourth-order valence-electron chi connectivity index (χ4n) is 3.49. The number of aliphatic hydroxyl groups excluding tert-OH is 1. The van der Waals surface area contributed by atoms with Gasteiger partial charge in [-0.05, 0) is 24.3 Å². The minimum Gasteiger partial charge on any atom is -0.506 e. The van der Waals surface area contributed by atoms with Crippen LogP contribution in [0.3, 0.4) is 0 Å². The maximum absolute atomic E-state index is 13.7. The first-order chi connectivity index (χ1) is 17.1. The van der Waals surface area contributed by atoms with Crippen molar-refractivity contribution in [3.8, 4) is 6.07 Å². The van der Waals surface area contributed by atoms with Crippen molar-refractivity contribution in [3.63, 3.8) is 0 Å². The van der Waals surface area contributed by atoms with Gasteiger partial charge in [-0.2, -0.15) is 5.26 Å². The van der Waals surface area contributed by atoms with Crippen molar-refractivity contribution in [2.75, 3.05) is 0 Å². The van der Waals surface area contributed by atoms with Gasteiger partial charge in [0.05, 0.1) is 22.9 Å². The van der Waals surface area contributed by atoms with Gasteiger partial charge < -0.3 is 5.11 Å². The molecule has 0 radical (unpaired) electrons. The molecule has 0 saturated carbocycles. The second kappa shape index (κ2) is 10.7. The fraction of sp³-hybridized carbons (Fsp3) is 0. The third-order valence-electron chi connectivity index (χ3n) is 5.27. The van der Waals surface area contributed by atoms with Crippen LogP contribution in [-0.4, -0.2) is 22.4 Å². The molecular weight excluding hydrogens is 436 g/mol. The summed E-state index contributed by atoms with van der Waals surface area (Å²) in [5.41, 5.74) is 1.39. The Hall–Kier alpha value is -5.08. The van der Waals surface area contributed by atoms with Gasteiger partial charge in [0.1, 0.15) is 11.5 Å². The number of nitriles is 1. The highest BCUT2D eigenvalue weighted by Crippen LogP contribution is 2.25. The molecule has 0 amide bonds. The predicted octanol–water partition coefficient (Wildman–Crippen LogP) is 6.37. The number of nitrogens with zero attached hydrogens (tertiary/aromatic N) is 2. The lowest BCUT2D eigenvalue weighted by atomic mass is 9.91. The number of allylic oxidation sites excluding steroid dienone is 1. The van der Waals surface area contributed by atoms with Crippen LogP contribution < -0.4 is 0 Å². The predicted molar refractivity (Wildman–Crippen MR) is 136 cm³/mol. The third-order valence-corrected chi connectivity index (χ3v) is 5.27. The van der Waals surface area contributed by atoms with Gasteiger partial charge in [0.25, 0.3) is 0 Å². The summed E-state index contributed by atoms with van der Waals surface area (Å²) >= 11 is 0. The summed E-state index contributed by atoms with van der Waals surface area (Å²) in [5.74, 6) is -1.41. The van der Waals surface area contributed by atoms with E-state index < -0.39 is 11.6 Å². The van der Waals surface area contributed by atoms with E-state index in [1.165, 1.54) is 0 Å². The smallest absolute Gasteiger partial charge is 0.212 e. The van der Waals surface area contributed by atoms with Gasteiger partial charge in [-0.25, -0.2) is 4.99 Å². The average Bonchev–Trinajstić information content (AvgIpc) is 2.94. The molecule has 0 spiro atoms. The van der Waals surface area contributed by atoms with Gasteiger partial charge in [-0.3, -0.25) is 9.59 Å². The molecule has 1 N–H and O–H groups in total. The second-order valence-corrected chi connectivity index (χ2v) is 7.60. The minimum atomic E-state index is -0.538. The Kier molecular flexibility index (Phi) is 7.05. The Labute approximate surface area is 203 Å². The van der Waals surface area contributed by atoms with E-state index in [0.717, 1.165) is 0 Å². The van der Waals surface area contributed by atoms with Crippen LogP contribution in [0.2, 0.25) is 0 Å². The topological polar surface area (TPSA) is 90.5 Å². The Balaban J connectivity index is 1.98. The van der Waals surface area contributed by atoms with E-state index in [-0.39, 0.29) is 17.0 Å². The van der Waals surface area contributed by atoms with Crippen LogP contribution in [0.15, 0.2) is 126 Å². The number of Topliss-reactive ketones (excluding diaryl/α,β-unsaturated/α-hetero) is 2. The van der Waals surface area contributed by atoms with Gasteiger partial charge in [0, 0.05) is 16.7 Å². The Morgan fingerprint density at radius 2 is 1.09 bits per heavy atom. The van der Waals surface area contributed by atoms with E-state index in [4.69, 9.17) is 5.26 Å². The zero-order valence-electron chi connectivity index (χ0n) is 18.6. The van der Waals surface area contributed by atoms with Gasteiger partial charge >= 0.3 is 0 Å². The molecule has 0 fully saturated rings. The molecule has 35 heavy (non-hydrogen) atoms. The van der Waals surface area contributed by atoms with Crippen LogP contribution in [0.5, 0.6) is 0 Å². The van der Waals surface area contributed by atoms with Crippen molar-refractivity contribution in [1.82, 2.24) is 0 Å². The van der Waals surface area contributed by atoms with Gasteiger partial charge in [-0.1, -0.05) is 91.0 Å². The molecule has 0 unspecified atom stereocenters. The summed E-state index contributed by atoms with van der Waals surface area (Å²) in [7, 11) is 0. The van der Waals surface area contributed by atoms with Gasteiger partial charge in [0.2, 0.25) is 5.78 Å². The average molecular weight is 457 g/mol. The maximum atomic E-state index is 13.7. The molecule has 5 heteroatoms. The van der Waals surface area contributed by atoms with E-state index in [0.29, 0.717) is 27.9 Å². The van der Waals surface area contributed by atoms with Crippen LogP contribution in [0, 0.1) is 11.3 Å². The molecule has 4 aromatic carbocycles. The zero-order chi connectivity index (χ0) is 24.6. The van der Waals surface area contributed by atoms with Gasteiger partial charge in [0.15, 0.2) is 5.78 Å². The van der Waals surface area contributed by atoms with Crippen LogP contribution in [-0.2, 0) is 0 Å². The minimum absolute atomic E-state index is 0.198. The van der Waals surface area contributed by atoms with Crippen molar-refractivity contribution in [3.05, 3.63) is 143 Å². The number of aliphatic hydroxyl groups is 1. The molecule has 4 rings (SSSR count). The second-order valence-electron chi connectivity index (χ2n) is 7.60. The van der Waals surface area contributed by atoms with Crippen molar-refractivity contribution >= 4 is 28.7 Å². The van der Waals surface area contributed by atoms with Crippen molar-refractivity contribution < 1.29 is 14.7 Å². The molecule has 4 aromatic rings. The monoisotopic (exact) mass is 456 g/mol. The quantitative estimate of drug-likeness (QED) is 0.151. The first-order valence-corrected chi connectivity index (χ1v) is 10.9. The maximum Gasteiger partial charge on any atom is 0.212 e. The molecule has 0 aliphatic heterocycles. The molecule has 0 aromatic heterocycles. The number of carbonyl (C=O) groups is 2. The lowest BCUT2D eigenvalue weighted by molar-refractivity contribution is 0.102. The summed E-state index contributed by atoms with van der Waals surface area (Å²) in [6.07, 6.45) is 0. The van der Waals surface area contributed by atoms with E-state index in [9.17, 15) is 14.7 Å². The largest absolute Gasteiger partial charge is 0.506 e. The van der Waals surface area contributed by atoms with Crippen LogP contribution in [0.4, 0.5) is 5.69 Å². The van der Waals surface area contributed by atoms with E-state index in [1.54, 1.807) is 115 Å². The summed E-state index contributed by atoms with van der Waals surface area (Å²) in [6.45, 7) is 0. The van der Waals surface area contributed by atoms with Crippen molar-refractivity contribution in [2.45, 2.75) is 0 Å². The number of carbonyl (C=O) groups excluding carboxylic acids is 2. The Morgan fingerprint density at radius 1 is 0.629 bits per heavy atom. The highest BCUT2D eigenvalue weighted by atomic mass is 16.3. The molecule has 5 nitrogen and oxygen atoms in total. The first-order valence-electron chi connectivity index (χ1n) is 10.9. The van der Waals surface area contributed by atoms with E-state index >= 15 is 0 Å². The fourth-order valence-corrected chi connectivity index (χ4v) is 3.49. The SMILES string of the molecule is N#Cc1ccc(N=C(C(=O)c2ccccc2)/C(C(=O)c2ccccc2)=C(/O)c2ccccc2)cc1. The number of hydrogen-bond acceptors (Lipinski definition) is 5. The summed E-state index contributed by atoms with van der Waals surface area (Å²) in [6, 6.07) is 33.8. The normalized spacial score (nSPS) is 11.8. The lowest BCUT2D eigenvalue weighted by Gasteiger charge is -2.14.